The number of ether oxygens (including phenoxy) is 3. The predicted molar refractivity (Wildman–Crippen MR) is 116 cm³/mol. The summed E-state index contributed by atoms with van der Waals surface area (Å²) in [6, 6.07) is 0. The molecule has 1 unspecified atom stereocenters. The molecule has 0 saturated heterocycles. The number of carbonyl (C=O) groups is 4. The highest BCUT2D eigenvalue weighted by molar-refractivity contribution is 6.01. The minimum absolute atomic E-state index is 0.00115. The number of hydrogen-bond acceptors (Lipinski definition) is 8. The average Bonchev–Trinajstić information content (AvgIpc) is 3.04. The first-order chi connectivity index (χ1) is 15.5. The van der Waals surface area contributed by atoms with Crippen LogP contribution in [0.1, 0.15) is 52.9 Å². The maximum Gasteiger partial charge on any atom is 0.509 e. The summed E-state index contributed by atoms with van der Waals surface area (Å²) in [5.74, 6) is -1.16. The molecule has 0 amide bonds. The molecule has 3 saturated carbocycles. The van der Waals surface area contributed by atoms with Gasteiger partial charge in [-0.2, -0.15) is 0 Å². The van der Waals surface area contributed by atoms with E-state index in [0.29, 0.717) is 6.42 Å². The Balaban J connectivity index is 1.73. The lowest BCUT2D eigenvalue weighted by Gasteiger charge is -2.59. The second-order valence-electron chi connectivity index (χ2n) is 10.3. The van der Waals surface area contributed by atoms with Crippen molar-refractivity contribution in [2.24, 2.45) is 28.6 Å². The smallest absolute Gasteiger partial charge is 0.458 e. The molecule has 4 aliphatic carbocycles. The van der Waals surface area contributed by atoms with Crippen molar-refractivity contribution in [2.75, 3.05) is 13.7 Å². The first kappa shape index (κ1) is 23.7. The van der Waals surface area contributed by atoms with E-state index >= 15 is 0 Å². The quantitative estimate of drug-likeness (QED) is 0.637. The molecule has 4 rings (SSSR count). The number of Topliss-reactive ketones (excluding diaryl/α,β-unsaturated/α-hetero) is 1. The maximum atomic E-state index is 13.4. The topological polar surface area (TPSA) is 116 Å². The van der Waals surface area contributed by atoms with Crippen molar-refractivity contribution in [3.05, 3.63) is 23.8 Å². The number of allylic oxidation sites excluding steroid dienone is 4. The van der Waals surface area contributed by atoms with Crippen LogP contribution in [0.4, 0.5) is 4.79 Å². The van der Waals surface area contributed by atoms with Crippen LogP contribution < -0.4 is 0 Å². The summed E-state index contributed by atoms with van der Waals surface area (Å²) < 4.78 is 15.4. The van der Waals surface area contributed by atoms with Gasteiger partial charge < -0.3 is 19.3 Å². The van der Waals surface area contributed by atoms with Gasteiger partial charge in [0.25, 0.3) is 0 Å². The molecule has 3 fully saturated rings. The Morgan fingerprint density at radius 2 is 1.94 bits per heavy atom. The van der Waals surface area contributed by atoms with Gasteiger partial charge in [0.05, 0.1) is 13.2 Å². The SMILES string of the molecule is COC(=O)O[C@]1(C(=O)COC(C)=O)CC[C@H]2[C@@H]3CCC4=CC(=O)C=C[C@]4(C)[C@H]3C(O)C[C@@]21C. The molecule has 8 nitrogen and oxygen atoms in total. The Hall–Kier alpha value is -2.48. The highest BCUT2D eigenvalue weighted by atomic mass is 16.7. The number of rotatable bonds is 4. The Morgan fingerprint density at radius 3 is 2.61 bits per heavy atom. The molecule has 0 aromatic carbocycles. The van der Waals surface area contributed by atoms with Crippen molar-refractivity contribution < 1.29 is 38.5 Å². The van der Waals surface area contributed by atoms with Crippen molar-refractivity contribution in [3.63, 3.8) is 0 Å². The first-order valence-corrected chi connectivity index (χ1v) is 11.5. The lowest BCUT2D eigenvalue weighted by molar-refractivity contribution is -0.185. The first-order valence-electron chi connectivity index (χ1n) is 11.5. The fourth-order valence-electron chi connectivity index (χ4n) is 7.46. The van der Waals surface area contributed by atoms with E-state index in [4.69, 9.17) is 14.2 Å². The molecular formula is C25H32O8. The molecule has 0 spiro atoms. The van der Waals surface area contributed by atoms with Gasteiger partial charge in [0.15, 0.2) is 18.0 Å². The van der Waals surface area contributed by atoms with E-state index in [9.17, 15) is 24.3 Å². The minimum Gasteiger partial charge on any atom is -0.458 e. The highest BCUT2D eigenvalue weighted by Crippen LogP contribution is 2.67. The number of ketones is 2. The zero-order valence-electron chi connectivity index (χ0n) is 19.6. The molecule has 0 bridgehead atoms. The van der Waals surface area contributed by atoms with E-state index in [1.807, 2.05) is 13.0 Å². The van der Waals surface area contributed by atoms with Crippen LogP contribution in [0.25, 0.3) is 0 Å². The molecule has 0 radical (unpaired) electrons. The monoisotopic (exact) mass is 460 g/mol. The van der Waals surface area contributed by atoms with E-state index in [0.717, 1.165) is 18.4 Å². The van der Waals surface area contributed by atoms with Crippen molar-refractivity contribution in [1.82, 2.24) is 0 Å². The highest BCUT2D eigenvalue weighted by Gasteiger charge is 2.70. The Kier molecular flexibility index (Phi) is 5.79. The van der Waals surface area contributed by atoms with Crippen molar-refractivity contribution >= 4 is 23.7 Å². The van der Waals surface area contributed by atoms with Crippen LogP contribution in [0.2, 0.25) is 0 Å². The number of aliphatic hydroxyl groups excluding tert-OH is 1. The van der Waals surface area contributed by atoms with Crippen LogP contribution in [0.3, 0.4) is 0 Å². The number of hydrogen-bond donors (Lipinski definition) is 1. The zero-order valence-corrected chi connectivity index (χ0v) is 19.6. The predicted octanol–water partition coefficient (Wildman–Crippen LogP) is 2.92. The van der Waals surface area contributed by atoms with E-state index in [1.54, 1.807) is 12.2 Å². The van der Waals surface area contributed by atoms with Crippen LogP contribution in [0.15, 0.2) is 23.8 Å². The Labute approximate surface area is 193 Å². The standard InChI is InChI=1S/C25H32O8/c1-14(26)32-13-20(29)25(33-22(30)31-4)10-8-18-17-6-5-15-11-16(27)7-9-23(15,2)21(17)19(28)12-24(18,25)3/h7,9,11,17-19,21,28H,5-6,8,10,12-13H2,1-4H3/t17-,18-,19?,21+,23-,24-,25-/m0/s1. The second kappa shape index (κ2) is 8.08. The molecule has 0 aromatic rings. The van der Waals surface area contributed by atoms with Crippen molar-refractivity contribution in [3.8, 4) is 0 Å². The lowest BCUT2D eigenvalue weighted by Crippen LogP contribution is -2.63. The minimum atomic E-state index is -1.55. The van der Waals surface area contributed by atoms with Crippen molar-refractivity contribution in [1.29, 1.82) is 0 Å². The van der Waals surface area contributed by atoms with Gasteiger partial charge in [-0.3, -0.25) is 14.4 Å². The van der Waals surface area contributed by atoms with Crippen LogP contribution >= 0.6 is 0 Å². The fraction of sp³-hybridized carbons (Fsp3) is 0.680. The molecule has 33 heavy (non-hydrogen) atoms. The van der Waals surface area contributed by atoms with E-state index in [2.05, 4.69) is 6.92 Å². The van der Waals surface area contributed by atoms with Crippen molar-refractivity contribution in [2.45, 2.75) is 64.6 Å². The van der Waals surface area contributed by atoms with Gasteiger partial charge >= 0.3 is 12.1 Å². The largest absolute Gasteiger partial charge is 0.509 e. The number of esters is 1. The summed E-state index contributed by atoms with van der Waals surface area (Å²) in [6.07, 6.45) is 6.10. The average molecular weight is 461 g/mol. The van der Waals surface area contributed by atoms with Gasteiger partial charge in [0.2, 0.25) is 5.78 Å². The van der Waals surface area contributed by atoms with Gasteiger partial charge in [0, 0.05) is 23.7 Å². The Morgan fingerprint density at radius 1 is 1.21 bits per heavy atom. The van der Waals surface area contributed by atoms with Gasteiger partial charge in [0.1, 0.15) is 0 Å². The summed E-state index contributed by atoms with van der Waals surface area (Å²) in [7, 11) is 1.18. The summed E-state index contributed by atoms with van der Waals surface area (Å²) >= 11 is 0. The summed E-state index contributed by atoms with van der Waals surface area (Å²) in [4.78, 5) is 49.0. The zero-order chi connectivity index (χ0) is 24.2. The van der Waals surface area contributed by atoms with E-state index in [1.165, 1.54) is 14.0 Å². The summed E-state index contributed by atoms with van der Waals surface area (Å²) in [6.45, 7) is 4.68. The third-order valence-corrected chi connectivity index (χ3v) is 8.90. The normalized spacial score (nSPS) is 41.2. The summed E-state index contributed by atoms with van der Waals surface area (Å²) in [5, 5.41) is 11.5. The fourth-order valence-corrected chi connectivity index (χ4v) is 7.46. The molecule has 180 valence electrons. The number of carbonyl (C=O) groups excluding carboxylic acids is 4. The van der Waals surface area contributed by atoms with E-state index < -0.39 is 47.0 Å². The van der Waals surface area contributed by atoms with Crippen LogP contribution in [-0.4, -0.2) is 54.2 Å². The van der Waals surface area contributed by atoms with Crippen LogP contribution in [0, 0.1) is 28.6 Å². The molecule has 0 aromatic heterocycles. The molecule has 7 atom stereocenters. The maximum absolute atomic E-state index is 13.4. The second-order valence-corrected chi connectivity index (χ2v) is 10.3. The molecule has 4 aliphatic rings. The van der Waals surface area contributed by atoms with Gasteiger partial charge in [-0.05, 0) is 56.1 Å². The molecule has 0 heterocycles. The Bertz CT molecular complexity index is 950. The summed E-state index contributed by atoms with van der Waals surface area (Å²) in [5.41, 5.74) is -1.81. The molecule has 1 N–H and O–H groups in total. The number of fused-ring (bicyclic) bond motifs is 5. The van der Waals surface area contributed by atoms with Crippen LogP contribution in [-0.2, 0) is 28.6 Å². The number of methoxy groups -OCH3 is 1. The molecule has 8 heteroatoms. The molecular weight excluding hydrogens is 428 g/mol. The third kappa shape index (κ3) is 3.45. The number of aliphatic hydroxyl groups is 1. The molecule has 0 aliphatic heterocycles. The van der Waals surface area contributed by atoms with Gasteiger partial charge in [-0.15, -0.1) is 0 Å². The van der Waals surface area contributed by atoms with Crippen LogP contribution in [0.5, 0.6) is 0 Å². The third-order valence-electron chi connectivity index (χ3n) is 8.90. The van der Waals surface area contributed by atoms with Gasteiger partial charge in [-0.1, -0.05) is 25.5 Å². The van der Waals surface area contributed by atoms with Gasteiger partial charge in [-0.25, -0.2) is 4.79 Å². The van der Waals surface area contributed by atoms with E-state index in [-0.39, 0.29) is 36.4 Å². The lowest BCUT2D eigenvalue weighted by atomic mass is 9.46.